The number of carbonyl (C=O) groups is 2. The number of carbonyl (C=O) groups excluding carboxylic acids is 2. The quantitative estimate of drug-likeness (QED) is 0.247. The molecule has 2 atom stereocenters. The van der Waals surface area contributed by atoms with E-state index in [4.69, 9.17) is 26.4 Å². The van der Waals surface area contributed by atoms with Crippen molar-refractivity contribution < 1.29 is 19.1 Å². The number of nitrogens with one attached hydrogen (secondary N) is 1. The van der Waals surface area contributed by atoms with Crippen LogP contribution in [0.4, 0.5) is 10.5 Å². The Kier molecular flexibility index (Phi) is 8.33. The highest BCUT2D eigenvalue weighted by atomic mass is 35.5. The number of nitrogens with zero attached hydrogens (tertiary/aromatic N) is 1. The minimum Gasteiger partial charge on any atom is -0.455 e. The molecular weight excluding hydrogens is 504 g/mol. The Morgan fingerprint density at radius 3 is 2.18 bits per heavy atom. The summed E-state index contributed by atoms with van der Waals surface area (Å²) in [5.74, 6) is 1.10. The summed E-state index contributed by atoms with van der Waals surface area (Å²) in [6.07, 6.45) is 5.12. The standard InChI is InChI=1S/C29H36N4O4.ClH/c1-18(27(34)36-25(17-30)22-6-3-2-4-7-22)33(24-9-5-8-23(13-24)26(31)32)28(35)37-29-14-19-10-20(15-29)12-21(11-19)16-29;/h2-9,13,18-21,25H,10-12,14-17,30H2,1H3,(H3,31,32);1H/t18-,19?,20?,21?,25?,29?;/m0./s1. The Bertz CT molecular complexity index is 1140. The number of rotatable bonds is 8. The second kappa shape index (κ2) is 11.3. The molecule has 38 heavy (non-hydrogen) atoms. The number of amides is 1. The Labute approximate surface area is 230 Å². The number of anilines is 1. The summed E-state index contributed by atoms with van der Waals surface area (Å²) >= 11 is 0. The molecule has 0 heterocycles. The van der Waals surface area contributed by atoms with Crippen molar-refractivity contribution in [2.24, 2.45) is 29.2 Å². The molecule has 6 rings (SSSR count). The molecule has 1 amide bonds. The van der Waals surface area contributed by atoms with Gasteiger partial charge in [0.25, 0.3) is 0 Å². The van der Waals surface area contributed by atoms with Crippen LogP contribution in [0.1, 0.15) is 62.7 Å². The first-order valence-corrected chi connectivity index (χ1v) is 13.2. The number of benzene rings is 2. The molecule has 0 spiro atoms. The second-order valence-corrected chi connectivity index (χ2v) is 11.1. The Morgan fingerprint density at radius 2 is 1.63 bits per heavy atom. The van der Waals surface area contributed by atoms with Gasteiger partial charge in [-0.15, -0.1) is 12.4 Å². The maximum Gasteiger partial charge on any atom is 0.415 e. The number of nitrogens with two attached hydrogens (primary N) is 2. The van der Waals surface area contributed by atoms with E-state index in [1.807, 2.05) is 30.3 Å². The van der Waals surface area contributed by atoms with Crippen LogP contribution in [0.2, 0.25) is 0 Å². The lowest BCUT2D eigenvalue weighted by molar-refractivity contribution is -0.151. The summed E-state index contributed by atoms with van der Waals surface area (Å²) in [6.45, 7) is 1.74. The van der Waals surface area contributed by atoms with Crippen LogP contribution >= 0.6 is 12.4 Å². The van der Waals surface area contributed by atoms with Gasteiger partial charge in [-0.05, 0) is 80.9 Å². The van der Waals surface area contributed by atoms with Gasteiger partial charge in [-0.3, -0.25) is 10.3 Å². The number of hydrogen-bond donors (Lipinski definition) is 3. The van der Waals surface area contributed by atoms with E-state index in [1.165, 1.54) is 24.2 Å². The monoisotopic (exact) mass is 540 g/mol. The molecule has 204 valence electrons. The van der Waals surface area contributed by atoms with Crippen LogP contribution in [0.15, 0.2) is 54.6 Å². The zero-order valence-electron chi connectivity index (χ0n) is 21.7. The highest BCUT2D eigenvalue weighted by Crippen LogP contribution is 2.57. The van der Waals surface area contributed by atoms with Gasteiger partial charge in [0.1, 0.15) is 23.6 Å². The molecule has 5 N–H and O–H groups in total. The minimum absolute atomic E-state index is 0. The Balaban J connectivity index is 0.00000336. The van der Waals surface area contributed by atoms with E-state index >= 15 is 0 Å². The van der Waals surface area contributed by atoms with Crippen LogP contribution < -0.4 is 16.4 Å². The van der Waals surface area contributed by atoms with Crippen LogP contribution in [0.25, 0.3) is 0 Å². The fourth-order valence-corrected chi connectivity index (χ4v) is 6.97. The average Bonchev–Trinajstić information content (AvgIpc) is 2.86. The molecule has 8 nitrogen and oxygen atoms in total. The van der Waals surface area contributed by atoms with Gasteiger partial charge < -0.3 is 20.9 Å². The van der Waals surface area contributed by atoms with Gasteiger partial charge in [0.15, 0.2) is 0 Å². The lowest BCUT2D eigenvalue weighted by atomic mass is 9.54. The number of esters is 1. The summed E-state index contributed by atoms with van der Waals surface area (Å²) in [5.41, 5.74) is 12.8. The van der Waals surface area contributed by atoms with Crippen molar-refractivity contribution >= 4 is 36.0 Å². The molecular formula is C29H37ClN4O4. The van der Waals surface area contributed by atoms with Gasteiger partial charge in [0.05, 0.1) is 0 Å². The summed E-state index contributed by atoms with van der Waals surface area (Å²) in [7, 11) is 0. The maximum atomic E-state index is 13.9. The molecule has 4 saturated carbocycles. The lowest BCUT2D eigenvalue weighted by Gasteiger charge is -2.55. The number of hydrogen-bond acceptors (Lipinski definition) is 6. The van der Waals surface area contributed by atoms with Crippen LogP contribution in [-0.2, 0) is 14.3 Å². The number of amidine groups is 1. The lowest BCUT2D eigenvalue weighted by Crippen LogP contribution is -2.55. The van der Waals surface area contributed by atoms with Crippen LogP contribution in [-0.4, -0.2) is 36.1 Å². The molecule has 2 aromatic rings. The number of nitrogen functional groups attached to an aromatic ring is 1. The van der Waals surface area contributed by atoms with Crippen molar-refractivity contribution in [1.82, 2.24) is 0 Å². The molecule has 0 saturated heterocycles. The van der Waals surface area contributed by atoms with Gasteiger partial charge in [0, 0.05) is 17.8 Å². The first kappa shape index (κ1) is 27.9. The van der Waals surface area contributed by atoms with E-state index in [0.29, 0.717) is 29.0 Å². The van der Waals surface area contributed by atoms with E-state index in [-0.39, 0.29) is 24.8 Å². The first-order chi connectivity index (χ1) is 17.8. The molecule has 4 fully saturated rings. The smallest absolute Gasteiger partial charge is 0.415 e. The van der Waals surface area contributed by atoms with Gasteiger partial charge >= 0.3 is 12.1 Å². The number of halogens is 1. The van der Waals surface area contributed by atoms with Crippen LogP contribution in [0, 0.1) is 23.2 Å². The van der Waals surface area contributed by atoms with E-state index in [9.17, 15) is 9.59 Å². The van der Waals surface area contributed by atoms with Crippen molar-refractivity contribution in [3.63, 3.8) is 0 Å². The zero-order chi connectivity index (χ0) is 26.2. The summed E-state index contributed by atoms with van der Waals surface area (Å²) < 4.78 is 12.1. The molecule has 1 unspecified atom stereocenters. The molecule has 0 radical (unpaired) electrons. The molecule has 0 aromatic heterocycles. The Hall–Kier alpha value is -3.10. The van der Waals surface area contributed by atoms with Crippen molar-refractivity contribution in [1.29, 1.82) is 5.41 Å². The van der Waals surface area contributed by atoms with Gasteiger partial charge in [-0.2, -0.15) is 0 Å². The predicted molar refractivity (Wildman–Crippen MR) is 148 cm³/mol. The van der Waals surface area contributed by atoms with Crippen molar-refractivity contribution in [3.8, 4) is 0 Å². The van der Waals surface area contributed by atoms with Gasteiger partial charge in [-0.1, -0.05) is 42.5 Å². The third-order valence-corrected chi connectivity index (χ3v) is 8.29. The van der Waals surface area contributed by atoms with Crippen molar-refractivity contribution in [3.05, 3.63) is 65.7 Å². The summed E-state index contributed by atoms with van der Waals surface area (Å²) in [4.78, 5) is 28.6. The normalized spacial score (nSPS) is 26.5. The topological polar surface area (TPSA) is 132 Å². The van der Waals surface area contributed by atoms with Crippen molar-refractivity contribution in [2.75, 3.05) is 11.4 Å². The molecule has 9 heteroatoms. The Morgan fingerprint density at radius 1 is 1.03 bits per heavy atom. The SMILES string of the molecule is C[C@@H](C(=O)OC(CN)c1ccccc1)N(C(=O)OC12CC3CC(CC(C3)C1)C2)c1cccc(C(=N)N)c1.Cl. The fourth-order valence-electron chi connectivity index (χ4n) is 6.97. The first-order valence-electron chi connectivity index (χ1n) is 13.2. The van der Waals surface area contributed by atoms with E-state index < -0.39 is 29.8 Å². The highest BCUT2D eigenvalue weighted by Gasteiger charge is 2.54. The van der Waals surface area contributed by atoms with Crippen LogP contribution in [0.5, 0.6) is 0 Å². The summed E-state index contributed by atoms with van der Waals surface area (Å²) in [6, 6.07) is 15.1. The largest absolute Gasteiger partial charge is 0.455 e. The predicted octanol–water partition coefficient (Wildman–Crippen LogP) is 4.94. The third kappa shape index (κ3) is 5.66. The molecule has 0 aliphatic heterocycles. The average molecular weight is 541 g/mol. The molecule has 4 aliphatic rings. The van der Waals surface area contributed by atoms with Gasteiger partial charge in [-0.25, -0.2) is 9.59 Å². The molecule has 4 aliphatic carbocycles. The number of ether oxygens (including phenoxy) is 2. The second-order valence-electron chi connectivity index (χ2n) is 11.1. The molecule has 2 aromatic carbocycles. The van der Waals surface area contributed by atoms with E-state index in [1.54, 1.807) is 31.2 Å². The van der Waals surface area contributed by atoms with Crippen molar-refractivity contribution in [2.45, 2.75) is 63.2 Å². The minimum atomic E-state index is -0.985. The van der Waals surface area contributed by atoms with E-state index in [2.05, 4.69) is 0 Å². The molecule has 4 bridgehead atoms. The van der Waals surface area contributed by atoms with E-state index in [0.717, 1.165) is 24.8 Å². The van der Waals surface area contributed by atoms with Gasteiger partial charge in [0.2, 0.25) is 0 Å². The fraction of sp³-hybridized carbons (Fsp3) is 0.483. The summed E-state index contributed by atoms with van der Waals surface area (Å²) in [5, 5.41) is 7.85. The third-order valence-electron chi connectivity index (χ3n) is 8.29. The highest BCUT2D eigenvalue weighted by molar-refractivity contribution is 5.99. The maximum absolute atomic E-state index is 13.9. The van der Waals surface area contributed by atoms with Crippen LogP contribution in [0.3, 0.4) is 0 Å². The zero-order valence-corrected chi connectivity index (χ0v) is 22.5.